The second-order valence-corrected chi connectivity index (χ2v) is 21.7. The SMILES string of the molecule is [2H]C(C)(c1cc(-c2[c-]cccc2)ncc1[Si](C)(C)C)C(C)c1cccc(C)n1.[Ir].[c-]1ccc2c(oc3ccccc32)c1-c1nc2ccccc2n1-c1cccc(-c2ccccc2)c1. The van der Waals surface area contributed by atoms with Crippen LogP contribution in [0.1, 0.15) is 44.0 Å². The third kappa shape index (κ3) is 8.49. The summed E-state index contributed by atoms with van der Waals surface area (Å²) in [6.07, 6.45) is 2.00. The van der Waals surface area contributed by atoms with Gasteiger partial charge in [-0.3, -0.25) is 9.97 Å². The molecule has 4 heterocycles. The molecule has 0 aliphatic carbocycles. The molecule has 0 N–H and O–H groups in total. The summed E-state index contributed by atoms with van der Waals surface area (Å²) in [6, 6.07) is 62.2. The van der Waals surface area contributed by atoms with Gasteiger partial charge in [-0.05, 0) is 77.3 Å². The first-order chi connectivity index (χ1) is 30.0. The van der Waals surface area contributed by atoms with Gasteiger partial charge in [-0.15, -0.1) is 54.1 Å². The van der Waals surface area contributed by atoms with Crippen LogP contribution >= 0.6 is 0 Å². The summed E-state index contributed by atoms with van der Waals surface area (Å²) >= 11 is 0. The predicted molar refractivity (Wildman–Crippen MR) is 255 cm³/mol. The van der Waals surface area contributed by atoms with E-state index in [1.165, 1.54) is 10.8 Å². The molecule has 0 amide bonds. The molecule has 5 nitrogen and oxygen atoms in total. The van der Waals surface area contributed by atoms with Crippen LogP contribution in [0.15, 0.2) is 174 Å². The monoisotopic (exact) mass is 1000 g/mol. The second-order valence-electron chi connectivity index (χ2n) is 16.6. The molecule has 0 saturated heterocycles. The smallest absolute Gasteiger partial charge is 0.120 e. The molecular weight excluding hydrogens is 953 g/mol. The third-order valence-corrected chi connectivity index (χ3v) is 13.5. The topological polar surface area (TPSA) is 56.7 Å². The minimum Gasteiger partial charge on any atom is -0.501 e. The number of furan rings is 1. The van der Waals surface area contributed by atoms with Crippen LogP contribution in [0.4, 0.5) is 0 Å². The van der Waals surface area contributed by atoms with E-state index in [9.17, 15) is 1.37 Å². The molecule has 309 valence electrons. The van der Waals surface area contributed by atoms with Gasteiger partial charge in [0.2, 0.25) is 0 Å². The number of imidazole rings is 1. The van der Waals surface area contributed by atoms with Gasteiger partial charge >= 0.3 is 0 Å². The van der Waals surface area contributed by atoms with Crippen LogP contribution < -0.4 is 5.19 Å². The normalized spacial score (nSPS) is 13.2. The van der Waals surface area contributed by atoms with Gasteiger partial charge < -0.3 is 14.0 Å². The summed E-state index contributed by atoms with van der Waals surface area (Å²) in [5.41, 5.74) is 12.7. The van der Waals surface area contributed by atoms with Gasteiger partial charge in [0.15, 0.2) is 0 Å². The molecule has 2 unspecified atom stereocenters. The van der Waals surface area contributed by atoms with Gasteiger partial charge in [-0.2, -0.15) is 0 Å². The Morgan fingerprint density at radius 2 is 1.44 bits per heavy atom. The van der Waals surface area contributed by atoms with Crippen molar-refractivity contribution in [2.75, 3.05) is 0 Å². The van der Waals surface area contributed by atoms with Gasteiger partial charge in [0.25, 0.3) is 0 Å². The maximum Gasteiger partial charge on any atom is 0.120 e. The largest absolute Gasteiger partial charge is 0.501 e. The van der Waals surface area contributed by atoms with Crippen molar-refractivity contribution in [2.45, 2.75) is 52.2 Å². The van der Waals surface area contributed by atoms with Crippen molar-refractivity contribution in [3.05, 3.63) is 199 Å². The molecule has 10 rings (SSSR count). The molecule has 2 atom stereocenters. The van der Waals surface area contributed by atoms with Crippen molar-refractivity contribution in [2.24, 2.45) is 0 Å². The maximum atomic E-state index is 9.41. The van der Waals surface area contributed by atoms with Gasteiger partial charge in [0.05, 0.1) is 30.5 Å². The fourth-order valence-electron chi connectivity index (χ4n) is 8.11. The van der Waals surface area contributed by atoms with Crippen molar-refractivity contribution < 1.29 is 25.9 Å². The van der Waals surface area contributed by atoms with Crippen LogP contribution in [-0.4, -0.2) is 27.6 Å². The Labute approximate surface area is 380 Å². The standard InChI is InChI=1S/C31H19N2O.C24H29N2Si.Ir/c1-2-10-21(11-3-1)22-12-8-13-23(20-22)33-28-18-6-5-17-27(28)32-31(33)26-16-9-15-25-24-14-4-7-19-29(24)34-30(25)26;1-17-11-10-14-22(26-17)19(3)18(2)21-15-23(20-12-8-7-9-13-20)25-16-24(21)27(4,5)6;/h1-15,17-20H;7-12,14-16,18-19H,1-6H3;/q2*-1;/i;18D;. The number of hydrogen-bond acceptors (Lipinski definition) is 4. The number of nitrogens with zero attached hydrogens (tertiary/aromatic N) is 4. The zero-order valence-corrected chi connectivity index (χ0v) is 39.2. The number of para-hydroxylation sites is 3. The van der Waals surface area contributed by atoms with Crippen LogP contribution in [0.3, 0.4) is 0 Å². The molecule has 0 spiro atoms. The maximum absolute atomic E-state index is 9.41. The Morgan fingerprint density at radius 3 is 2.23 bits per heavy atom. The molecule has 4 aromatic heterocycles. The van der Waals surface area contributed by atoms with Crippen molar-refractivity contribution in [1.82, 2.24) is 19.5 Å². The summed E-state index contributed by atoms with van der Waals surface area (Å²) in [7, 11) is -1.68. The number of pyridine rings is 2. The molecule has 0 saturated carbocycles. The molecule has 0 aliphatic heterocycles. The fraction of sp³-hybridized carbons (Fsp3) is 0.145. The van der Waals surface area contributed by atoms with E-state index in [1.54, 1.807) is 0 Å². The van der Waals surface area contributed by atoms with Crippen molar-refractivity contribution >= 4 is 46.2 Å². The van der Waals surface area contributed by atoms with Crippen molar-refractivity contribution in [1.29, 1.82) is 0 Å². The summed E-state index contributed by atoms with van der Waals surface area (Å²) in [5.74, 6) is -0.0448. The quantitative estimate of drug-likeness (QED) is 0.112. The molecule has 1 radical (unpaired) electrons. The van der Waals surface area contributed by atoms with Crippen LogP contribution in [0.2, 0.25) is 19.6 Å². The molecular formula is C55H48IrN4OSi-2. The minimum absolute atomic E-state index is 0. The summed E-state index contributed by atoms with van der Waals surface area (Å²) in [5, 5.41) is 3.41. The molecule has 6 aromatic carbocycles. The second kappa shape index (κ2) is 18.0. The number of aromatic nitrogens is 4. The average molecular weight is 1000 g/mol. The molecule has 0 aliphatic rings. The Bertz CT molecular complexity index is 3190. The van der Waals surface area contributed by atoms with E-state index in [0.717, 1.165) is 83.8 Å². The average Bonchev–Trinajstić information content (AvgIpc) is 3.88. The third-order valence-electron chi connectivity index (χ3n) is 11.5. The Kier molecular flexibility index (Phi) is 11.9. The van der Waals surface area contributed by atoms with Crippen LogP contribution in [0.5, 0.6) is 0 Å². The van der Waals surface area contributed by atoms with Crippen LogP contribution in [-0.2, 0) is 20.1 Å². The number of fused-ring (bicyclic) bond motifs is 4. The first-order valence-corrected chi connectivity index (χ1v) is 24.3. The molecule has 0 bridgehead atoms. The molecule has 7 heteroatoms. The summed E-state index contributed by atoms with van der Waals surface area (Å²) in [4.78, 5) is 14.5. The van der Waals surface area contributed by atoms with E-state index >= 15 is 0 Å². The first kappa shape index (κ1) is 41.1. The summed E-state index contributed by atoms with van der Waals surface area (Å²) in [6.45, 7) is 13.1. The van der Waals surface area contributed by atoms with E-state index in [1.807, 2.05) is 98.9 Å². The Morgan fingerprint density at radius 1 is 0.694 bits per heavy atom. The van der Waals surface area contributed by atoms with Crippen molar-refractivity contribution in [3.63, 3.8) is 0 Å². The van der Waals surface area contributed by atoms with Gasteiger partial charge in [0, 0.05) is 56.1 Å². The van der Waals surface area contributed by atoms with Gasteiger partial charge in [-0.25, -0.2) is 0 Å². The number of aryl methyl sites for hydroxylation is 1. The zero-order valence-electron chi connectivity index (χ0n) is 36.8. The van der Waals surface area contributed by atoms with E-state index in [4.69, 9.17) is 19.4 Å². The number of benzene rings is 6. The fourth-order valence-corrected chi connectivity index (χ4v) is 9.64. The first-order valence-electron chi connectivity index (χ1n) is 21.3. The minimum atomic E-state index is -1.68. The molecule has 62 heavy (non-hydrogen) atoms. The van der Waals surface area contributed by atoms with E-state index in [2.05, 4.69) is 128 Å². The predicted octanol–water partition coefficient (Wildman–Crippen LogP) is 13.8. The number of rotatable bonds is 8. The Hall–Kier alpha value is -6.24. The van der Waals surface area contributed by atoms with Crippen LogP contribution in [0.25, 0.3) is 72.4 Å². The van der Waals surface area contributed by atoms with Gasteiger partial charge in [-0.1, -0.05) is 135 Å². The van der Waals surface area contributed by atoms with Gasteiger partial charge in [0.1, 0.15) is 5.58 Å². The van der Waals surface area contributed by atoms with Crippen molar-refractivity contribution in [3.8, 4) is 39.5 Å². The van der Waals surface area contributed by atoms with E-state index in [0.29, 0.717) is 0 Å². The van der Waals surface area contributed by atoms with Crippen LogP contribution in [0, 0.1) is 19.1 Å². The zero-order chi connectivity index (χ0) is 43.0. The molecule has 10 aromatic rings. The summed E-state index contributed by atoms with van der Waals surface area (Å²) < 4.78 is 17.9. The molecule has 0 fully saturated rings. The number of hydrogen-bond donors (Lipinski definition) is 0. The Balaban J connectivity index is 0.000000174. The van der Waals surface area contributed by atoms with E-state index < -0.39 is 14.0 Å². The van der Waals surface area contributed by atoms with E-state index in [-0.39, 0.29) is 26.0 Å².